The van der Waals surface area contributed by atoms with Crippen molar-refractivity contribution in [2.24, 2.45) is 0 Å². The van der Waals surface area contributed by atoms with Crippen LogP contribution >= 0.6 is 11.8 Å². The van der Waals surface area contributed by atoms with Gasteiger partial charge in [-0.05, 0) is 34.2 Å². The summed E-state index contributed by atoms with van der Waals surface area (Å²) in [6.45, 7) is 8.31. The van der Waals surface area contributed by atoms with E-state index in [2.05, 4.69) is 24.1 Å². The molecule has 1 N–H and O–H groups in total. The Hall–Kier alpha value is -0.480. The van der Waals surface area contributed by atoms with E-state index in [9.17, 15) is 0 Å². The molecule has 0 aliphatic carbocycles. The number of aryl methyl sites for hydroxylation is 2. The molecule has 2 atom stereocenters. The second kappa shape index (κ2) is 5.56. The van der Waals surface area contributed by atoms with Crippen LogP contribution in [-0.4, -0.2) is 23.3 Å². The van der Waals surface area contributed by atoms with E-state index in [1.807, 2.05) is 20.9 Å². The van der Waals surface area contributed by atoms with Crippen molar-refractivity contribution in [1.82, 2.24) is 10.3 Å². The summed E-state index contributed by atoms with van der Waals surface area (Å²) in [6, 6.07) is 0.532. The van der Waals surface area contributed by atoms with Crippen molar-refractivity contribution in [2.75, 3.05) is 7.05 Å². The zero-order valence-electron chi connectivity index (χ0n) is 10.1. The van der Waals surface area contributed by atoms with Crippen molar-refractivity contribution in [3.05, 3.63) is 11.5 Å². The van der Waals surface area contributed by atoms with Gasteiger partial charge in [0, 0.05) is 11.3 Å². The molecule has 4 heteroatoms. The smallest absolute Gasteiger partial charge is 0.256 e. The van der Waals surface area contributed by atoms with Gasteiger partial charge in [-0.15, -0.1) is 0 Å². The van der Waals surface area contributed by atoms with Crippen molar-refractivity contribution in [3.63, 3.8) is 0 Å². The molecule has 15 heavy (non-hydrogen) atoms. The highest BCUT2D eigenvalue weighted by Crippen LogP contribution is 2.26. The molecule has 1 rings (SSSR count). The maximum atomic E-state index is 5.53. The van der Waals surface area contributed by atoms with Crippen molar-refractivity contribution >= 4 is 11.8 Å². The van der Waals surface area contributed by atoms with Gasteiger partial charge in [-0.25, -0.2) is 4.98 Å². The SMILES string of the molecule is CNC(C)CC(C)Sc1nc(C)c(C)o1. The number of rotatable bonds is 5. The zero-order chi connectivity index (χ0) is 11.4. The monoisotopic (exact) mass is 228 g/mol. The molecule has 0 amide bonds. The van der Waals surface area contributed by atoms with Crippen LogP contribution in [0.25, 0.3) is 0 Å². The van der Waals surface area contributed by atoms with E-state index < -0.39 is 0 Å². The van der Waals surface area contributed by atoms with E-state index in [1.165, 1.54) is 0 Å². The van der Waals surface area contributed by atoms with E-state index in [4.69, 9.17) is 4.42 Å². The van der Waals surface area contributed by atoms with Gasteiger partial charge in [-0.2, -0.15) is 0 Å². The van der Waals surface area contributed by atoms with E-state index in [0.717, 1.165) is 23.1 Å². The molecule has 0 aromatic carbocycles. The first-order valence-corrected chi connectivity index (χ1v) is 6.18. The van der Waals surface area contributed by atoms with Gasteiger partial charge < -0.3 is 9.73 Å². The number of thioether (sulfide) groups is 1. The highest BCUT2D eigenvalue weighted by atomic mass is 32.2. The molecule has 2 unspecified atom stereocenters. The van der Waals surface area contributed by atoms with Crippen molar-refractivity contribution in [3.8, 4) is 0 Å². The summed E-state index contributed by atoms with van der Waals surface area (Å²) in [6.07, 6.45) is 1.11. The predicted molar refractivity (Wildman–Crippen MR) is 64.4 cm³/mol. The number of aromatic nitrogens is 1. The van der Waals surface area contributed by atoms with Gasteiger partial charge in [0.05, 0.1) is 5.69 Å². The lowest BCUT2D eigenvalue weighted by atomic mass is 10.2. The topological polar surface area (TPSA) is 38.1 Å². The fraction of sp³-hybridized carbons (Fsp3) is 0.727. The molecule has 0 spiro atoms. The average molecular weight is 228 g/mol. The first-order valence-electron chi connectivity index (χ1n) is 5.31. The number of oxazole rings is 1. The van der Waals surface area contributed by atoms with Gasteiger partial charge in [0.25, 0.3) is 5.22 Å². The Labute approximate surface area is 96.0 Å². The maximum Gasteiger partial charge on any atom is 0.256 e. The molecule has 0 aliphatic rings. The third-order valence-corrected chi connectivity index (χ3v) is 3.46. The molecule has 1 aromatic heterocycles. The fourth-order valence-electron chi connectivity index (χ4n) is 1.33. The van der Waals surface area contributed by atoms with E-state index in [0.29, 0.717) is 11.3 Å². The third kappa shape index (κ3) is 3.87. The molecule has 0 saturated heterocycles. The number of nitrogens with zero attached hydrogens (tertiary/aromatic N) is 1. The van der Waals surface area contributed by atoms with Crippen LogP contribution in [0.4, 0.5) is 0 Å². The summed E-state index contributed by atoms with van der Waals surface area (Å²) in [5.41, 5.74) is 0.992. The van der Waals surface area contributed by atoms with Crippen LogP contribution in [0.5, 0.6) is 0 Å². The largest absolute Gasteiger partial charge is 0.437 e. The van der Waals surface area contributed by atoms with Gasteiger partial charge >= 0.3 is 0 Å². The summed E-state index contributed by atoms with van der Waals surface area (Å²) < 4.78 is 5.53. The Morgan fingerprint density at radius 1 is 1.40 bits per heavy atom. The van der Waals surface area contributed by atoms with Crippen molar-refractivity contribution in [1.29, 1.82) is 0 Å². The van der Waals surface area contributed by atoms with Crippen LogP contribution in [-0.2, 0) is 0 Å². The Balaban J connectivity index is 2.47. The zero-order valence-corrected chi connectivity index (χ0v) is 10.9. The highest BCUT2D eigenvalue weighted by molar-refractivity contribution is 7.99. The van der Waals surface area contributed by atoms with Crippen molar-refractivity contribution in [2.45, 2.75) is 50.6 Å². The van der Waals surface area contributed by atoms with Crippen LogP contribution < -0.4 is 5.32 Å². The molecule has 0 fully saturated rings. The van der Waals surface area contributed by atoms with Gasteiger partial charge in [0.15, 0.2) is 0 Å². The van der Waals surface area contributed by atoms with Gasteiger partial charge in [0.2, 0.25) is 0 Å². The summed E-state index contributed by atoms with van der Waals surface area (Å²) in [7, 11) is 1.99. The first-order chi connectivity index (χ1) is 7.02. The molecule has 1 aromatic rings. The van der Waals surface area contributed by atoms with Crippen LogP contribution in [0.2, 0.25) is 0 Å². The van der Waals surface area contributed by atoms with Crippen LogP contribution in [0.1, 0.15) is 31.7 Å². The average Bonchev–Trinajstić information content (AvgIpc) is 2.45. The Bertz CT molecular complexity index is 292. The minimum atomic E-state index is 0.518. The Morgan fingerprint density at radius 2 is 2.07 bits per heavy atom. The molecule has 1 heterocycles. The Morgan fingerprint density at radius 3 is 2.53 bits per heavy atom. The van der Waals surface area contributed by atoms with Crippen LogP contribution in [0.3, 0.4) is 0 Å². The summed E-state index contributed by atoms with van der Waals surface area (Å²) in [5.74, 6) is 0.923. The lowest BCUT2D eigenvalue weighted by Gasteiger charge is -2.14. The van der Waals surface area contributed by atoms with Crippen LogP contribution in [0.15, 0.2) is 9.64 Å². The maximum absolute atomic E-state index is 5.53. The van der Waals surface area contributed by atoms with Crippen LogP contribution in [0, 0.1) is 13.8 Å². The Kier molecular flexibility index (Phi) is 4.67. The molecule has 0 bridgehead atoms. The van der Waals surface area contributed by atoms with Gasteiger partial charge in [0.1, 0.15) is 5.76 Å². The number of nitrogens with one attached hydrogen (secondary N) is 1. The highest BCUT2D eigenvalue weighted by Gasteiger charge is 2.13. The summed E-state index contributed by atoms with van der Waals surface area (Å²) in [4.78, 5) is 4.36. The predicted octanol–water partition coefficient (Wildman–Crippen LogP) is 2.77. The number of hydrogen-bond donors (Lipinski definition) is 1. The third-order valence-electron chi connectivity index (χ3n) is 2.49. The lowest BCUT2D eigenvalue weighted by molar-refractivity contribution is 0.429. The normalized spacial score (nSPS) is 15.3. The van der Waals surface area contributed by atoms with E-state index in [1.54, 1.807) is 11.8 Å². The van der Waals surface area contributed by atoms with E-state index in [-0.39, 0.29) is 0 Å². The molecule has 86 valence electrons. The van der Waals surface area contributed by atoms with Crippen molar-refractivity contribution < 1.29 is 4.42 Å². The molecular weight excluding hydrogens is 208 g/mol. The summed E-state index contributed by atoms with van der Waals surface area (Å²) >= 11 is 1.70. The fourth-order valence-corrected chi connectivity index (χ4v) is 2.42. The minimum Gasteiger partial charge on any atom is -0.437 e. The second-order valence-electron chi connectivity index (χ2n) is 3.98. The minimum absolute atomic E-state index is 0.518. The molecule has 3 nitrogen and oxygen atoms in total. The van der Waals surface area contributed by atoms with Gasteiger partial charge in [-0.3, -0.25) is 0 Å². The molecule has 0 radical (unpaired) electrons. The van der Waals surface area contributed by atoms with Gasteiger partial charge in [-0.1, -0.05) is 18.7 Å². The standard InChI is InChI=1S/C11H20N2OS/c1-7(12-5)6-8(2)15-11-13-9(3)10(4)14-11/h7-8,12H,6H2,1-5H3. The summed E-state index contributed by atoms with van der Waals surface area (Å²) in [5, 5.41) is 4.54. The lowest BCUT2D eigenvalue weighted by Crippen LogP contribution is -2.24. The quantitative estimate of drug-likeness (QED) is 0.786. The number of hydrogen-bond acceptors (Lipinski definition) is 4. The van der Waals surface area contributed by atoms with E-state index >= 15 is 0 Å². The second-order valence-corrected chi connectivity index (χ2v) is 5.36. The molecular formula is C11H20N2OS. The molecule has 0 aliphatic heterocycles. The molecule has 0 saturated carbocycles. The first kappa shape index (κ1) is 12.6.